The minimum absolute atomic E-state index is 0.558. The Hall–Kier alpha value is -1.88. The second-order valence-corrected chi connectivity index (χ2v) is 5.47. The van der Waals surface area contributed by atoms with E-state index in [4.69, 9.17) is 0 Å². The fourth-order valence-corrected chi connectivity index (χ4v) is 2.81. The number of rotatable bonds is 3. The van der Waals surface area contributed by atoms with Crippen molar-refractivity contribution in [2.24, 2.45) is 0 Å². The van der Waals surface area contributed by atoms with Crippen molar-refractivity contribution >= 4 is 23.9 Å². The Balaban J connectivity index is 1.96. The van der Waals surface area contributed by atoms with Gasteiger partial charge in [0, 0.05) is 19.3 Å². The predicted octanol–water partition coefficient (Wildman–Crippen LogP) is 2.57. The number of nitrogens with zero attached hydrogens (tertiary/aromatic N) is 3. The molecule has 4 nitrogen and oxygen atoms in total. The van der Waals surface area contributed by atoms with E-state index >= 15 is 0 Å². The monoisotopic (exact) mass is 285 g/mol. The van der Waals surface area contributed by atoms with Gasteiger partial charge < -0.3 is 4.90 Å². The Morgan fingerprint density at radius 1 is 1.30 bits per heavy atom. The summed E-state index contributed by atoms with van der Waals surface area (Å²) in [5.74, 6) is 0.744. The van der Waals surface area contributed by atoms with Gasteiger partial charge in [0.15, 0.2) is 11.4 Å². The molecule has 2 aromatic rings. The van der Waals surface area contributed by atoms with Crippen LogP contribution in [0.3, 0.4) is 0 Å². The van der Waals surface area contributed by atoms with Crippen LogP contribution < -0.4 is 4.90 Å². The minimum Gasteiger partial charge on any atom is -0.351 e. The number of hydrogen-bond donors (Lipinski definition) is 0. The molecule has 1 aliphatic heterocycles. The molecule has 0 amide bonds. The number of anilines is 1. The van der Waals surface area contributed by atoms with Crippen molar-refractivity contribution in [3.63, 3.8) is 0 Å². The summed E-state index contributed by atoms with van der Waals surface area (Å²) in [5, 5.41) is 0.699. The Bertz CT molecular complexity index is 645. The molecule has 0 bridgehead atoms. The zero-order chi connectivity index (χ0) is 13.9. The molecule has 0 N–H and O–H groups in total. The molecule has 1 aromatic heterocycles. The summed E-state index contributed by atoms with van der Waals surface area (Å²) in [6.45, 7) is 1.67. The maximum atomic E-state index is 11.2. The highest BCUT2D eigenvalue weighted by molar-refractivity contribution is 7.98. The van der Waals surface area contributed by atoms with Gasteiger partial charge in [0.05, 0.1) is 5.56 Å². The van der Waals surface area contributed by atoms with Crippen LogP contribution in [0.2, 0.25) is 0 Å². The van der Waals surface area contributed by atoms with Crippen LogP contribution in [0.25, 0.3) is 0 Å². The fourth-order valence-electron chi connectivity index (χ4n) is 2.48. The SMILES string of the molecule is CSc1ncc(C=O)c(N2CCc3ccccc3C2)n1. The summed E-state index contributed by atoms with van der Waals surface area (Å²) in [5.41, 5.74) is 3.25. The van der Waals surface area contributed by atoms with Gasteiger partial charge in [-0.25, -0.2) is 9.97 Å². The number of thioether (sulfide) groups is 1. The molecule has 102 valence electrons. The van der Waals surface area contributed by atoms with E-state index < -0.39 is 0 Å². The van der Waals surface area contributed by atoms with Crippen molar-refractivity contribution in [2.45, 2.75) is 18.1 Å². The van der Waals surface area contributed by atoms with E-state index in [9.17, 15) is 4.79 Å². The third-order valence-electron chi connectivity index (χ3n) is 3.51. The largest absolute Gasteiger partial charge is 0.351 e. The first kappa shape index (κ1) is 13.1. The van der Waals surface area contributed by atoms with E-state index in [1.54, 1.807) is 6.20 Å². The van der Waals surface area contributed by atoms with Crippen molar-refractivity contribution in [2.75, 3.05) is 17.7 Å². The quantitative estimate of drug-likeness (QED) is 0.493. The Morgan fingerprint density at radius 2 is 2.10 bits per heavy atom. The van der Waals surface area contributed by atoms with Gasteiger partial charge in [-0.05, 0) is 23.8 Å². The van der Waals surface area contributed by atoms with Crippen LogP contribution in [0.1, 0.15) is 21.5 Å². The van der Waals surface area contributed by atoms with Crippen molar-refractivity contribution < 1.29 is 4.79 Å². The molecule has 0 aliphatic carbocycles. The lowest BCUT2D eigenvalue weighted by Gasteiger charge is -2.30. The Kier molecular flexibility index (Phi) is 3.69. The second-order valence-electron chi connectivity index (χ2n) is 4.69. The third-order valence-corrected chi connectivity index (χ3v) is 4.08. The summed E-state index contributed by atoms with van der Waals surface area (Å²) in [7, 11) is 0. The molecule has 2 heterocycles. The van der Waals surface area contributed by atoms with Crippen LogP contribution >= 0.6 is 11.8 Å². The van der Waals surface area contributed by atoms with Crippen molar-refractivity contribution in [3.05, 3.63) is 47.2 Å². The molecule has 5 heteroatoms. The number of carbonyl (C=O) groups excluding carboxylic acids is 1. The van der Waals surface area contributed by atoms with Gasteiger partial charge in [-0.15, -0.1) is 0 Å². The summed E-state index contributed by atoms with van der Waals surface area (Å²) in [6.07, 6.45) is 5.36. The number of hydrogen-bond acceptors (Lipinski definition) is 5. The number of carbonyl (C=O) groups is 1. The average molecular weight is 285 g/mol. The van der Waals surface area contributed by atoms with E-state index in [0.717, 1.165) is 31.6 Å². The first-order chi connectivity index (χ1) is 9.81. The highest BCUT2D eigenvalue weighted by atomic mass is 32.2. The molecule has 0 spiro atoms. The van der Waals surface area contributed by atoms with Gasteiger partial charge in [-0.2, -0.15) is 0 Å². The lowest BCUT2D eigenvalue weighted by molar-refractivity contribution is 0.112. The molecule has 3 rings (SSSR count). The number of aromatic nitrogens is 2. The average Bonchev–Trinajstić information content (AvgIpc) is 2.53. The fraction of sp³-hybridized carbons (Fsp3) is 0.267. The lowest BCUT2D eigenvalue weighted by Crippen LogP contribution is -2.32. The summed E-state index contributed by atoms with van der Waals surface area (Å²) in [6, 6.07) is 8.43. The lowest BCUT2D eigenvalue weighted by atomic mass is 10.00. The van der Waals surface area contributed by atoms with Gasteiger partial charge >= 0.3 is 0 Å². The maximum Gasteiger partial charge on any atom is 0.189 e. The third kappa shape index (κ3) is 2.41. The molecular formula is C15H15N3OS. The normalized spacial score (nSPS) is 13.9. The first-order valence-electron chi connectivity index (χ1n) is 6.49. The van der Waals surface area contributed by atoms with E-state index in [-0.39, 0.29) is 0 Å². The van der Waals surface area contributed by atoms with Gasteiger partial charge in [0.1, 0.15) is 5.82 Å². The smallest absolute Gasteiger partial charge is 0.189 e. The topological polar surface area (TPSA) is 46.1 Å². The van der Waals surface area contributed by atoms with Crippen LogP contribution in [0.5, 0.6) is 0 Å². The summed E-state index contributed by atoms with van der Waals surface area (Å²) in [4.78, 5) is 22.0. The molecule has 0 unspecified atom stereocenters. The summed E-state index contributed by atoms with van der Waals surface area (Å²) < 4.78 is 0. The van der Waals surface area contributed by atoms with E-state index in [2.05, 4.69) is 39.1 Å². The summed E-state index contributed by atoms with van der Waals surface area (Å²) >= 11 is 1.49. The van der Waals surface area contributed by atoms with Gasteiger partial charge in [0.2, 0.25) is 0 Å². The van der Waals surface area contributed by atoms with E-state index in [1.807, 2.05) is 6.26 Å². The molecular weight excluding hydrogens is 270 g/mol. The number of fused-ring (bicyclic) bond motifs is 1. The van der Waals surface area contributed by atoms with Crippen LogP contribution in [0.4, 0.5) is 5.82 Å². The minimum atomic E-state index is 0.558. The predicted molar refractivity (Wildman–Crippen MR) is 80.4 cm³/mol. The molecule has 0 saturated carbocycles. The molecule has 0 fully saturated rings. The molecule has 20 heavy (non-hydrogen) atoms. The zero-order valence-electron chi connectivity index (χ0n) is 11.2. The Morgan fingerprint density at radius 3 is 2.85 bits per heavy atom. The van der Waals surface area contributed by atoms with Crippen LogP contribution in [-0.4, -0.2) is 29.1 Å². The number of aldehydes is 1. The standard InChI is InChI=1S/C15H15N3OS/c1-20-15-16-8-13(10-19)14(17-15)18-7-6-11-4-2-3-5-12(11)9-18/h2-5,8,10H,6-7,9H2,1H3. The molecule has 1 aliphatic rings. The van der Waals surface area contributed by atoms with E-state index in [0.29, 0.717) is 10.7 Å². The number of benzene rings is 1. The van der Waals surface area contributed by atoms with Crippen LogP contribution in [-0.2, 0) is 13.0 Å². The molecule has 0 radical (unpaired) electrons. The molecule has 0 saturated heterocycles. The molecule has 1 aromatic carbocycles. The van der Waals surface area contributed by atoms with E-state index in [1.165, 1.54) is 22.9 Å². The second kappa shape index (κ2) is 5.63. The first-order valence-corrected chi connectivity index (χ1v) is 7.72. The van der Waals surface area contributed by atoms with Crippen molar-refractivity contribution in [3.8, 4) is 0 Å². The van der Waals surface area contributed by atoms with Crippen LogP contribution in [0, 0.1) is 0 Å². The van der Waals surface area contributed by atoms with Gasteiger partial charge in [-0.1, -0.05) is 36.0 Å². The van der Waals surface area contributed by atoms with Crippen molar-refractivity contribution in [1.82, 2.24) is 9.97 Å². The van der Waals surface area contributed by atoms with Gasteiger partial charge in [0.25, 0.3) is 0 Å². The van der Waals surface area contributed by atoms with Gasteiger partial charge in [-0.3, -0.25) is 4.79 Å². The van der Waals surface area contributed by atoms with Crippen molar-refractivity contribution in [1.29, 1.82) is 0 Å². The zero-order valence-corrected chi connectivity index (χ0v) is 12.1. The maximum absolute atomic E-state index is 11.2. The highest BCUT2D eigenvalue weighted by Gasteiger charge is 2.20. The van der Waals surface area contributed by atoms with Crippen LogP contribution in [0.15, 0.2) is 35.6 Å². The Labute approximate surface area is 122 Å². The highest BCUT2D eigenvalue weighted by Crippen LogP contribution is 2.26. The molecule has 0 atom stereocenters.